The zero-order valence-corrected chi connectivity index (χ0v) is 18.1. The van der Waals surface area contributed by atoms with Gasteiger partial charge >= 0.3 is 0 Å². The molecule has 3 aromatic rings. The molecule has 3 N–H and O–H groups in total. The molecule has 0 bridgehead atoms. The minimum atomic E-state index is -0.967. The van der Waals surface area contributed by atoms with Crippen LogP contribution in [0.4, 0.5) is 11.4 Å². The molecule has 3 aromatic carbocycles. The molecule has 5 heteroatoms. The first kappa shape index (κ1) is 20.8. The summed E-state index contributed by atoms with van der Waals surface area (Å²) in [6.07, 6.45) is 0. The zero-order valence-electron chi connectivity index (χ0n) is 18.1. The van der Waals surface area contributed by atoms with E-state index in [9.17, 15) is 9.59 Å². The summed E-state index contributed by atoms with van der Waals surface area (Å²) in [5, 5.41) is 4.96. The van der Waals surface area contributed by atoms with Gasteiger partial charge in [-0.2, -0.15) is 0 Å². The van der Waals surface area contributed by atoms with Gasteiger partial charge in [0.15, 0.2) is 6.54 Å². The molecular weight excluding hydrogens is 386 g/mol. The van der Waals surface area contributed by atoms with Gasteiger partial charge < -0.3 is 10.6 Å². The minimum Gasteiger partial charge on any atom is -0.328 e. The van der Waals surface area contributed by atoms with E-state index in [0.717, 1.165) is 16.8 Å². The Kier molecular flexibility index (Phi) is 5.61. The highest BCUT2D eigenvalue weighted by atomic mass is 16.2. The van der Waals surface area contributed by atoms with Gasteiger partial charge in [0, 0.05) is 11.1 Å². The lowest BCUT2D eigenvalue weighted by molar-refractivity contribution is -0.676. The fourth-order valence-corrected chi connectivity index (χ4v) is 4.11. The molecule has 0 spiro atoms. The van der Waals surface area contributed by atoms with Gasteiger partial charge in [-0.3, -0.25) is 14.5 Å². The number of nitrogens with zero attached hydrogens (tertiary/aromatic N) is 1. The van der Waals surface area contributed by atoms with Crippen molar-refractivity contribution < 1.29 is 14.9 Å². The Balaban J connectivity index is 1.62. The quantitative estimate of drug-likeness (QED) is 0.672. The van der Waals surface area contributed by atoms with Crippen molar-refractivity contribution in [1.29, 1.82) is 0 Å². The molecule has 0 radical (unpaired) electrons. The van der Waals surface area contributed by atoms with E-state index in [1.54, 1.807) is 18.7 Å². The molecule has 2 amide bonds. The van der Waals surface area contributed by atoms with E-state index in [2.05, 4.69) is 48.6 Å². The molecule has 1 aliphatic heterocycles. The molecule has 31 heavy (non-hydrogen) atoms. The van der Waals surface area contributed by atoms with E-state index in [1.807, 2.05) is 47.8 Å². The maximum Gasteiger partial charge on any atom is 0.283 e. The van der Waals surface area contributed by atoms with Gasteiger partial charge in [-0.25, -0.2) is 0 Å². The minimum absolute atomic E-state index is 0.0114. The number of hydrogen-bond donors (Lipinski definition) is 2. The van der Waals surface area contributed by atoms with Crippen LogP contribution in [0, 0.1) is 6.92 Å². The van der Waals surface area contributed by atoms with Crippen molar-refractivity contribution in [2.24, 2.45) is 0 Å². The summed E-state index contributed by atoms with van der Waals surface area (Å²) in [6, 6.07) is 26.0. The molecule has 0 unspecified atom stereocenters. The summed E-state index contributed by atoms with van der Waals surface area (Å²) >= 11 is 0. The third-order valence-corrected chi connectivity index (χ3v) is 5.88. The summed E-state index contributed by atoms with van der Waals surface area (Å²) in [6.45, 7) is 5.85. The molecule has 4 rings (SSSR count). The summed E-state index contributed by atoms with van der Waals surface area (Å²) in [5.74, 6) is -0.280. The number of carbonyl (C=O) groups is 2. The van der Waals surface area contributed by atoms with Crippen LogP contribution in [0.1, 0.15) is 36.6 Å². The van der Waals surface area contributed by atoms with E-state index < -0.39 is 5.54 Å². The molecule has 0 saturated carbocycles. The number of quaternary nitrogens is 1. The van der Waals surface area contributed by atoms with Crippen molar-refractivity contribution in [3.8, 4) is 0 Å². The molecular formula is C26H28N3O2+. The van der Waals surface area contributed by atoms with Crippen molar-refractivity contribution in [3.63, 3.8) is 0 Å². The van der Waals surface area contributed by atoms with Gasteiger partial charge in [-0.05, 0) is 32.9 Å². The molecule has 1 atom stereocenters. The largest absolute Gasteiger partial charge is 0.328 e. The highest BCUT2D eigenvalue weighted by molar-refractivity contribution is 6.14. The smallest absolute Gasteiger partial charge is 0.283 e. The Hall–Kier alpha value is -3.44. The van der Waals surface area contributed by atoms with Gasteiger partial charge in [0.2, 0.25) is 5.91 Å². The van der Waals surface area contributed by atoms with Crippen molar-refractivity contribution >= 4 is 23.2 Å². The van der Waals surface area contributed by atoms with Crippen molar-refractivity contribution in [3.05, 3.63) is 95.6 Å². The van der Waals surface area contributed by atoms with Gasteiger partial charge in [0.1, 0.15) is 11.6 Å². The maximum atomic E-state index is 13.5. The number of para-hydroxylation sites is 2. The highest BCUT2D eigenvalue weighted by Crippen LogP contribution is 2.36. The Morgan fingerprint density at radius 2 is 1.55 bits per heavy atom. The van der Waals surface area contributed by atoms with Crippen LogP contribution < -0.4 is 15.5 Å². The van der Waals surface area contributed by atoms with Crippen LogP contribution >= 0.6 is 0 Å². The third kappa shape index (κ3) is 4.09. The lowest BCUT2D eigenvalue weighted by Crippen LogP contribution is -2.88. The standard InChI is InChI=1S/C26H27N3O2/c1-18-13-15-20(16-14-18)24(19-9-5-4-6-10-19)27-17-23(30)29-22-12-8-7-11-21(22)28-25(31)26(29,2)3/h4-16,24,27H,17H2,1-3H3,(H,28,31)/p+1/t24-/m1/s1. The van der Waals surface area contributed by atoms with Crippen LogP contribution in [0.2, 0.25) is 0 Å². The summed E-state index contributed by atoms with van der Waals surface area (Å²) in [5.41, 5.74) is 3.90. The second-order valence-electron chi connectivity index (χ2n) is 8.50. The van der Waals surface area contributed by atoms with E-state index >= 15 is 0 Å². The molecule has 0 fully saturated rings. The van der Waals surface area contributed by atoms with Crippen LogP contribution in [0.15, 0.2) is 78.9 Å². The Labute approximate surface area is 183 Å². The lowest BCUT2D eigenvalue weighted by Gasteiger charge is -2.41. The first-order chi connectivity index (χ1) is 14.9. The topological polar surface area (TPSA) is 66.0 Å². The Morgan fingerprint density at radius 1 is 0.935 bits per heavy atom. The van der Waals surface area contributed by atoms with Crippen molar-refractivity contribution in [2.45, 2.75) is 32.4 Å². The number of fused-ring (bicyclic) bond motifs is 1. The van der Waals surface area contributed by atoms with Crippen LogP contribution in [-0.2, 0) is 9.59 Å². The SMILES string of the molecule is Cc1ccc([C@H]([NH2+]CC(=O)N2c3ccccc3NC(=O)C2(C)C)c2ccccc2)cc1. The molecule has 158 valence electrons. The average Bonchev–Trinajstić information content (AvgIpc) is 2.76. The van der Waals surface area contributed by atoms with Crippen LogP contribution in [-0.4, -0.2) is 23.9 Å². The highest BCUT2D eigenvalue weighted by Gasteiger charge is 2.44. The summed E-state index contributed by atoms with van der Waals surface area (Å²) in [7, 11) is 0. The molecule has 0 aliphatic carbocycles. The Morgan fingerprint density at radius 3 is 2.26 bits per heavy atom. The number of hydrogen-bond acceptors (Lipinski definition) is 2. The maximum absolute atomic E-state index is 13.5. The summed E-state index contributed by atoms with van der Waals surface area (Å²) in [4.78, 5) is 27.8. The monoisotopic (exact) mass is 414 g/mol. The van der Waals surface area contributed by atoms with Crippen LogP contribution in [0.3, 0.4) is 0 Å². The van der Waals surface area contributed by atoms with E-state index in [1.165, 1.54) is 5.56 Å². The molecule has 1 aliphatic rings. The van der Waals surface area contributed by atoms with E-state index in [-0.39, 0.29) is 24.4 Å². The third-order valence-electron chi connectivity index (χ3n) is 5.88. The second-order valence-corrected chi connectivity index (χ2v) is 8.50. The second kappa shape index (κ2) is 8.36. The van der Waals surface area contributed by atoms with Crippen LogP contribution in [0.5, 0.6) is 0 Å². The predicted octanol–water partition coefficient (Wildman–Crippen LogP) is 3.41. The van der Waals surface area contributed by atoms with Crippen LogP contribution in [0.25, 0.3) is 0 Å². The van der Waals surface area contributed by atoms with Gasteiger partial charge in [0.25, 0.3) is 5.91 Å². The molecule has 1 heterocycles. The predicted molar refractivity (Wildman–Crippen MR) is 123 cm³/mol. The fraction of sp³-hybridized carbons (Fsp3) is 0.231. The number of nitrogens with two attached hydrogens (primary N) is 1. The molecule has 5 nitrogen and oxygen atoms in total. The normalized spacial score (nSPS) is 15.7. The van der Waals surface area contributed by atoms with Crippen molar-refractivity contribution in [2.75, 3.05) is 16.8 Å². The zero-order chi connectivity index (χ0) is 22.0. The number of rotatable bonds is 5. The number of carbonyl (C=O) groups excluding carboxylic acids is 2. The first-order valence-electron chi connectivity index (χ1n) is 10.6. The molecule has 0 aromatic heterocycles. The van der Waals surface area contributed by atoms with E-state index in [0.29, 0.717) is 5.69 Å². The number of amides is 2. The lowest BCUT2D eigenvalue weighted by atomic mass is 9.95. The number of nitrogens with one attached hydrogen (secondary N) is 1. The number of benzene rings is 3. The number of anilines is 2. The van der Waals surface area contributed by atoms with Gasteiger partial charge in [-0.15, -0.1) is 0 Å². The van der Waals surface area contributed by atoms with Crippen molar-refractivity contribution in [1.82, 2.24) is 0 Å². The van der Waals surface area contributed by atoms with Gasteiger partial charge in [-0.1, -0.05) is 72.3 Å². The fourth-order valence-electron chi connectivity index (χ4n) is 4.11. The van der Waals surface area contributed by atoms with E-state index in [4.69, 9.17) is 0 Å². The average molecular weight is 415 g/mol. The first-order valence-corrected chi connectivity index (χ1v) is 10.6. The number of aryl methyl sites for hydroxylation is 1. The molecule has 0 saturated heterocycles. The van der Waals surface area contributed by atoms with Gasteiger partial charge in [0.05, 0.1) is 11.4 Å². The summed E-state index contributed by atoms with van der Waals surface area (Å²) < 4.78 is 0. The Bertz CT molecular complexity index is 1090.